The number of pyridine rings is 2. The number of para-hydroxylation sites is 1. The third kappa shape index (κ3) is 4.37. The topological polar surface area (TPSA) is 57.0 Å². The molecule has 0 bridgehead atoms. The van der Waals surface area contributed by atoms with E-state index in [2.05, 4.69) is 14.7 Å². The van der Waals surface area contributed by atoms with Crippen molar-refractivity contribution in [3.05, 3.63) is 66.0 Å². The van der Waals surface area contributed by atoms with Crippen molar-refractivity contribution in [3.63, 3.8) is 0 Å². The highest BCUT2D eigenvalue weighted by Gasteiger charge is 2.31. The minimum absolute atomic E-state index is 0.431. The number of hydrogen-bond acceptors (Lipinski definition) is 4. The van der Waals surface area contributed by atoms with Gasteiger partial charge in [0.2, 0.25) is 0 Å². The summed E-state index contributed by atoms with van der Waals surface area (Å²) in [5, 5.41) is 1.44. The Labute approximate surface area is 164 Å². The number of aryl methyl sites for hydroxylation is 1. The summed E-state index contributed by atoms with van der Waals surface area (Å²) in [6.07, 6.45) is -3.54. The summed E-state index contributed by atoms with van der Waals surface area (Å²) >= 11 is 0. The number of benzene rings is 1. The van der Waals surface area contributed by atoms with E-state index in [1.807, 2.05) is 43.3 Å². The van der Waals surface area contributed by atoms with Gasteiger partial charge in [-0.1, -0.05) is 18.2 Å². The summed E-state index contributed by atoms with van der Waals surface area (Å²) in [6.45, 7) is 4.49. The zero-order valence-electron chi connectivity index (χ0n) is 15.8. The first kappa shape index (κ1) is 20.3. The molecule has 0 spiro atoms. The molecule has 8 heteroatoms. The number of carbonyl (C=O) groups excluding carboxylic acids is 1. The van der Waals surface area contributed by atoms with Crippen LogP contribution in [0.4, 0.5) is 13.2 Å². The number of aromatic nitrogens is 3. The molecule has 0 saturated carbocycles. The molecule has 0 aliphatic heterocycles. The molecule has 1 aromatic carbocycles. The molecule has 4 aromatic rings. The maximum atomic E-state index is 12.9. The Morgan fingerprint density at radius 3 is 2.52 bits per heavy atom. The summed E-state index contributed by atoms with van der Waals surface area (Å²) in [7, 11) is 0. The summed E-state index contributed by atoms with van der Waals surface area (Å²) in [4.78, 5) is 17.8. The van der Waals surface area contributed by atoms with E-state index in [-0.39, 0.29) is 0 Å². The van der Waals surface area contributed by atoms with Crippen LogP contribution in [-0.2, 0) is 15.7 Å². The summed E-state index contributed by atoms with van der Waals surface area (Å²) in [6, 6.07) is 14.3. The minimum Gasteiger partial charge on any atom is -0.468 e. The van der Waals surface area contributed by atoms with Crippen LogP contribution in [0.1, 0.15) is 18.2 Å². The van der Waals surface area contributed by atoms with Gasteiger partial charge >= 0.3 is 6.18 Å². The molecule has 0 fully saturated rings. The fourth-order valence-corrected chi connectivity index (χ4v) is 2.92. The van der Waals surface area contributed by atoms with Gasteiger partial charge in [-0.2, -0.15) is 13.2 Å². The molecule has 3 aromatic heterocycles. The van der Waals surface area contributed by atoms with Gasteiger partial charge in [-0.15, -0.1) is 0 Å². The van der Waals surface area contributed by atoms with Crippen LogP contribution in [0.5, 0.6) is 0 Å². The second-order valence-electron chi connectivity index (χ2n) is 6.17. The predicted molar refractivity (Wildman–Crippen MR) is 104 cm³/mol. The van der Waals surface area contributed by atoms with Crippen LogP contribution in [0.2, 0.25) is 0 Å². The standard InChI is InChI=1S/C18H12F3N3.C3H6O2/c1-11-8-13-9-14(18(19,20)21)10-22-17(13)24(11)16-7-6-12-4-2-3-5-15(12)23-16;1-2-5-3-4/h2-10H,1H3;3H,2H2,1H3. The minimum atomic E-state index is -4.40. The van der Waals surface area contributed by atoms with Gasteiger partial charge in [0.1, 0.15) is 11.5 Å². The van der Waals surface area contributed by atoms with E-state index in [0.717, 1.165) is 28.9 Å². The van der Waals surface area contributed by atoms with Crippen LogP contribution in [0.25, 0.3) is 27.8 Å². The fraction of sp³-hybridized carbons (Fsp3) is 0.190. The SMILES string of the molecule is CCOC=O.Cc1cc2cc(C(F)(F)F)cnc2n1-c1ccc2ccccc2n1. The van der Waals surface area contributed by atoms with Crippen LogP contribution in [0, 0.1) is 6.92 Å². The fourth-order valence-electron chi connectivity index (χ4n) is 2.92. The molecule has 0 atom stereocenters. The lowest BCUT2D eigenvalue weighted by Crippen LogP contribution is -2.06. The Hall–Kier alpha value is -3.42. The molecule has 4 rings (SSSR count). The molecular formula is C21H18F3N3O2. The number of fused-ring (bicyclic) bond motifs is 2. The van der Waals surface area contributed by atoms with Crippen LogP contribution < -0.4 is 0 Å². The van der Waals surface area contributed by atoms with Crippen molar-refractivity contribution in [2.24, 2.45) is 0 Å². The zero-order chi connectivity index (χ0) is 21.0. The smallest absolute Gasteiger partial charge is 0.417 e. The molecule has 0 aliphatic rings. The Kier molecular flexibility index (Phi) is 5.81. The normalized spacial score (nSPS) is 11.2. The van der Waals surface area contributed by atoms with Gasteiger partial charge in [0.05, 0.1) is 17.7 Å². The van der Waals surface area contributed by atoms with Crippen LogP contribution in [-0.4, -0.2) is 27.6 Å². The van der Waals surface area contributed by atoms with Gasteiger partial charge in [-0.3, -0.25) is 9.36 Å². The molecule has 0 aliphatic carbocycles. The van der Waals surface area contributed by atoms with E-state index in [4.69, 9.17) is 0 Å². The average molecular weight is 401 g/mol. The summed E-state index contributed by atoms with van der Waals surface area (Å²) in [5.41, 5.74) is 1.31. The lowest BCUT2D eigenvalue weighted by molar-refractivity contribution is -0.137. The van der Waals surface area contributed by atoms with E-state index in [1.165, 1.54) is 0 Å². The molecular weight excluding hydrogens is 383 g/mol. The van der Waals surface area contributed by atoms with Crippen molar-refractivity contribution < 1.29 is 22.7 Å². The second-order valence-corrected chi connectivity index (χ2v) is 6.17. The molecule has 0 amide bonds. The second kappa shape index (κ2) is 8.30. The number of halogens is 3. The first-order chi connectivity index (χ1) is 13.8. The van der Waals surface area contributed by atoms with Crippen molar-refractivity contribution in [1.82, 2.24) is 14.5 Å². The van der Waals surface area contributed by atoms with Gasteiger partial charge in [0, 0.05) is 22.7 Å². The first-order valence-electron chi connectivity index (χ1n) is 8.82. The van der Waals surface area contributed by atoms with E-state index in [0.29, 0.717) is 29.9 Å². The van der Waals surface area contributed by atoms with E-state index >= 15 is 0 Å². The number of hydrogen-bond donors (Lipinski definition) is 0. The Morgan fingerprint density at radius 1 is 1.10 bits per heavy atom. The quantitative estimate of drug-likeness (QED) is 0.449. The van der Waals surface area contributed by atoms with E-state index < -0.39 is 11.7 Å². The van der Waals surface area contributed by atoms with E-state index in [9.17, 15) is 18.0 Å². The summed E-state index contributed by atoms with van der Waals surface area (Å²) < 4.78 is 44.5. The monoisotopic (exact) mass is 401 g/mol. The van der Waals surface area contributed by atoms with Crippen LogP contribution in [0.3, 0.4) is 0 Å². The Bertz CT molecular complexity index is 1150. The average Bonchev–Trinajstić information content (AvgIpc) is 3.03. The van der Waals surface area contributed by atoms with Crippen molar-refractivity contribution in [2.45, 2.75) is 20.0 Å². The summed E-state index contributed by atoms with van der Waals surface area (Å²) in [5.74, 6) is 0.633. The molecule has 29 heavy (non-hydrogen) atoms. The number of ether oxygens (including phenoxy) is 1. The molecule has 0 saturated heterocycles. The maximum absolute atomic E-state index is 12.9. The van der Waals surface area contributed by atoms with Crippen LogP contribution in [0.15, 0.2) is 54.7 Å². The third-order valence-corrected chi connectivity index (χ3v) is 4.20. The van der Waals surface area contributed by atoms with Crippen molar-refractivity contribution in [1.29, 1.82) is 0 Å². The van der Waals surface area contributed by atoms with Crippen LogP contribution >= 0.6 is 0 Å². The molecule has 0 N–H and O–H groups in total. The number of alkyl halides is 3. The molecule has 3 heterocycles. The van der Waals surface area contributed by atoms with Crippen molar-refractivity contribution >= 4 is 28.4 Å². The zero-order valence-corrected chi connectivity index (χ0v) is 15.8. The van der Waals surface area contributed by atoms with Crippen molar-refractivity contribution in [2.75, 3.05) is 6.61 Å². The Balaban J connectivity index is 0.000000431. The maximum Gasteiger partial charge on any atom is 0.417 e. The molecule has 5 nitrogen and oxygen atoms in total. The molecule has 150 valence electrons. The first-order valence-corrected chi connectivity index (χ1v) is 8.82. The van der Waals surface area contributed by atoms with Gasteiger partial charge < -0.3 is 4.74 Å². The highest BCUT2D eigenvalue weighted by molar-refractivity contribution is 5.82. The molecule has 0 unspecified atom stereocenters. The lowest BCUT2D eigenvalue weighted by Gasteiger charge is -2.09. The van der Waals surface area contributed by atoms with Gasteiger partial charge in [-0.25, -0.2) is 9.97 Å². The van der Waals surface area contributed by atoms with E-state index in [1.54, 1.807) is 17.6 Å². The third-order valence-electron chi connectivity index (χ3n) is 4.20. The number of nitrogens with zero attached hydrogens (tertiary/aromatic N) is 3. The highest BCUT2D eigenvalue weighted by Crippen LogP contribution is 2.32. The van der Waals surface area contributed by atoms with Gasteiger partial charge in [0.15, 0.2) is 0 Å². The lowest BCUT2D eigenvalue weighted by atomic mass is 10.2. The van der Waals surface area contributed by atoms with Gasteiger partial charge in [0.25, 0.3) is 6.47 Å². The Morgan fingerprint density at radius 2 is 1.86 bits per heavy atom. The predicted octanol–water partition coefficient (Wildman–Crippen LogP) is 5.08. The largest absolute Gasteiger partial charge is 0.468 e. The number of rotatable bonds is 3. The van der Waals surface area contributed by atoms with Gasteiger partial charge in [-0.05, 0) is 44.2 Å². The van der Waals surface area contributed by atoms with Crippen molar-refractivity contribution in [3.8, 4) is 5.82 Å². The molecule has 0 radical (unpaired) electrons. The number of carbonyl (C=O) groups is 1. The highest BCUT2D eigenvalue weighted by atomic mass is 19.4.